The molecule has 1 unspecified atom stereocenters. The Morgan fingerprint density at radius 2 is 1.91 bits per heavy atom. The summed E-state index contributed by atoms with van der Waals surface area (Å²) in [6.45, 7) is 1.81. The van der Waals surface area contributed by atoms with Gasteiger partial charge in [-0.3, -0.25) is 9.59 Å². The highest BCUT2D eigenvalue weighted by atomic mass is 32.2. The van der Waals surface area contributed by atoms with Crippen molar-refractivity contribution in [3.8, 4) is 0 Å². The summed E-state index contributed by atoms with van der Waals surface area (Å²) in [6.07, 6.45) is 0. The lowest BCUT2D eigenvalue weighted by Crippen LogP contribution is -2.13. The van der Waals surface area contributed by atoms with Gasteiger partial charge in [-0.1, -0.05) is 30.4 Å². The molecule has 0 aromatic heterocycles. The molecule has 0 aliphatic carbocycles. The van der Waals surface area contributed by atoms with E-state index in [1.54, 1.807) is 0 Å². The molecule has 0 spiro atoms. The van der Waals surface area contributed by atoms with Gasteiger partial charge in [0, 0.05) is 11.0 Å². The third kappa shape index (κ3) is 7.54. The van der Waals surface area contributed by atoms with Crippen LogP contribution in [0.25, 0.3) is 0 Å². The van der Waals surface area contributed by atoms with Crippen LogP contribution in [0, 0.1) is 0 Å². The van der Waals surface area contributed by atoms with Gasteiger partial charge in [-0.25, -0.2) is 0 Å². The van der Waals surface area contributed by atoms with E-state index < -0.39 is 10.5 Å². The Hall–Kier alpha value is -0.360. The molecule has 0 aliphatic rings. The first-order valence-corrected chi connectivity index (χ1v) is 4.77. The molecule has 0 aromatic carbocycles. The zero-order chi connectivity index (χ0) is 8.85. The summed E-state index contributed by atoms with van der Waals surface area (Å²) in [5, 5.41) is -0.825. The topological polar surface area (TPSA) is 86.2 Å². The number of rotatable bonds is 3. The van der Waals surface area contributed by atoms with Crippen LogP contribution < -0.4 is 11.5 Å². The molecular weight excluding hydrogens is 184 g/mol. The highest BCUT2D eigenvalue weighted by Gasteiger charge is 2.07. The van der Waals surface area contributed by atoms with Crippen molar-refractivity contribution in [1.29, 1.82) is 0 Å². The van der Waals surface area contributed by atoms with Crippen molar-refractivity contribution in [3.05, 3.63) is 0 Å². The maximum Gasteiger partial charge on any atom is 0.276 e. The van der Waals surface area contributed by atoms with Gasteiger partial charge < -0.3 is 11.5 Å². The van der Waals surface area contributed by atoms with Crippen molar-refractivity contribution in [3.63, 3.8) is 0 Å². The fourth-order valence-corrected chi connectivity index (χ4v) is 1.70. The zero-order valence-corrected chi connectivity index (χ0v) is 7.71. The minimum Gasteiger partial charge on any atom is -0.361 e. The number of primary amides is 2. The Kier molecular flexibility index (Phi) is 5.14. The predicted molar refractivity (Wildman–Crippen MR) is 48.7 cm³/mol. The minimum atomic E-state index is -0.429. The second kappa shape index (κ2) is 5.31. The molecule has 0 bridgehead atoms. The van der Waals surface area contributed by atoms with E-state index in [0.717, 1.165) is 23.5 Å². The summed E-state index contributed by atoms with van der Waals surface area (Å²) >= 11 is 2.00. The van der Waals surface area contributed by atoms with E-state index in [1.165, 1.54) is 0 Å². The third-order valence-electron chi connectivity index (χ3n) is 0.778. The van der Waals surface area contributed by atoms with Gasteiger partial charge in [-0.15, -0.1) is 0 Å². The molecule has 0 radical (unpaired) electrons. The Bertz CT molecular complexity index is 163. The maximum atomic E-state index is 10.3. The first-order valence-electron chi connectivity index (χ1n) is 2.90. The molecule has 64 valence electrons. The molecule has 0 aliphatic heterocycles. The van der Waals surface area contributed by atoms with Crippen LogP contribution in [0.1, 0.15) is 6.92 Å². The molecule has 2 amide bonds. The maximum absolute atomic E-state index is 10.3. The van der Waals surface area contributed by atoms with Crippen molar-refractivity contribution in [2.45, 2.75) is 12.2 Å². The summed E-state index contributed by atoms with van der Waals surface area (Å²) in [5.74, 6) is 0.517. The first-order chi connectivity index (χ1) is 5.02. The average molecular weight is 194 g/mol. The van der Waals surface area contributed by atoms with Gasteiger partial charge in [0.25, 0.3) is 10.5 Å². The SMILES string of the molecule is CC(CSC(N)=O)SC(N)=O. The fourth-order valence-electron chi connectivity index (χ4n) is 0.432. The molecule has 0 heterocycles. The number of amides is 2. The standard InChI is InChI=1S/C5H10N2O2S2/c1-3(11-5(7)9)2-10-4(6)8/h3H,2H2,1H3,(H2,6,8)(H2,7,9). The summed E-state index contributed by atoms with van der Waals surface area (Å²) < 4.78 is 0. The number of hydrogen-bond acceptors (Lipinski definition) is 4. The third-order valence-corrected chi connectivity index (χ3v) is 2.74. The van der Waals surface area contributed by atoms with Gasteiger partial charge in [-0.05, 0) is 0 Å². The van der Waals surface area contributed by atoms with Crippen LogP contribution in [0.2, 0.25) is 0 Å². The second-order valence-electron chi connectivity index (χ2n) is 1.88. The number of carbonyl (C=O) groups excluding carboxylic acids is 2. The van der Waals surface area contributed by atoms with Crippen LogP contribution in [0.15, 0.2) is 0 Å². The van der Waals surface area contributed by atoms with Gasteiger partial charge in [0.15, 0.2) is 0 Å². The summed E-state index contributed by atoms with van der Waals surface area (Å²) in [5.41, 5.74) is 9.77. The first kappa shape index (κ1) is 10.6. The van der Waals surface area contributed by atoms with E-state index in [0.29, 0.717) is 5.75 Å². The normalized spacial score (nSPS) is 12.5. The Balaban J connectivity index is 3.44. The lowest BCUT2D eigenvalue weighted by Gasteiger charge is -2.04. The van der Waals surface area contributed by atoms with Gasteiger partial charge in [-0.2, -0.15) is 0 Å². The smallest absolute Gasteiger partial charge is 0.276 e. The number of hydrogen-bond donors (Lipinski definition) is 2. The predicted octanol–water partition coefficient (Wildman–Crippen LogP) is 0.999. The molecule has 11 heavy (non-hydrogen) atoms. The van der Waals surface area contributed by atoms with Crippen LogP contribution in [0.4, 0.5) is 9.59 Å². The van der Waals surface area contributed by atoms with E-state index in [4.69, 9.17) is 11.5 Å². The highest BCUT2D eigenvalue weighted by molar-refractivity contribution is 8.17. The lowest BCUT2D eigenvalue weighted by atomic mass is 10.6. The monoisotopic (exact) mass is 194 g/mol. The van der Waals surface area contributed by atoms with Gasteiger partial charge >= 0.3 is 0 Å². The molecule has 4 nitrogen and oxygen atoms in total. The van der Waals surface area contributed by atoms with Crippen LogP contribution in [0.5, 0.6) is 0 Å². The average Bonchev–Trinajstić information content (AvgIpc) is 1.82. The van der Waals surface area contributed by atoms with Gasteiger partial charge in [0.2, 0.25) is 0 Å². The highest BCUT2D eigenvalue weighted by Crippen LogP contribution is 2.15. The molecule has 0 saturated carbocycles. The van der Waals surface area contributed by atoms with E-state index >= 15 is 0 Å². The molecule has 0 saturated heterocycles. The number of carbonyl (C=O) groups is 2. The van der Waals surface area contributed by atoms with Crippen LogP contribution in [-0.2, 0) is 0 Å². The fraction of sp³-hybridized carbons (Fsp3) is 0.600. The van der Waals surface area contributed by atoms with E-state index in [2.05, 4.69) is 0 Å². The van der Waals surface area contributed by atoms with Crippen LogP contribution in [0.3, 0.4) is 0 Å². The minimum absolute atomic E-state index is 0.0324. The summed E-state index contributed by atoms with van der Waals surface area (Å²) in [4.78, 5) is 20.6. The van der Waals surface area contributed by atoms with Crippen molar-refractivity contribution in [1.82, 2.24) is 0 Å². The van der Waals surface area contributed by atoms with E-state index in [1.807, 2.05) is 6.92 Å². The Labute approximate surface area is 73.4 Å². The number of thioether (sulfide) groups is 2. The lowest BCUT2D eigenvalue weighted by molar-refractivity contribution is 0.266. The molecule has 6 heteroatoms. The summed E-state index contributed by atoms with van der Waals surface area (Å²) in [6, 6.07) is 0. The molecule has 4 N–H and O–H groups in total. The van der Waals surface area contributed by atoms with Crippen molar-refractivity contribution >= 4 is 34.0 Å². The summed E-state index contributed by atoms with van der Waals surface area (Å²) in [7, 11) is 0. The van der Waals surface area contributed by atoms with E-state index in [-0.39, 0.29) is 5.25 Å². The second-order valence-corrected chi connectivity index (χ2v) is 4.34. The quantitative estimate of drug-likeness (QED) is 0.701. The van der Waals surface area contributed by atoms with Crippen LogP contribution in [-0.4, -0.2) is 21.5 Å². The Morgan fingerprint density at radius 1 is 1.36 bits per heavy atom. The Morgan fingerprint density at radius 3 is 2.27 bits per heavy atom. The molecule has 1 atom stereocenters. The van der Waals surface area contributed by atoms with Crippen molar-refractivity contribution in [2.75, 3.05) is 5.75 Å². The largest absolute Gasteiger partial charge is 0.361 e. The van der Waals surface area contributed by atoms with Crippen molar-refractivity contribution in [2.24, 2.45) is 11.5 Å². The molecule has 0 fully saturated rings. The number of nitrogens with two attached hydrogens (primary N) is 2. The molecule has 0 rings (SSSR count). The van der Waals surface area contributed by atoms with Gasteiger partial charge in [0.05, 0.1) is 0 Å². The van der Waals surface area contributed by atoms with Gasteiger partial charge in [0.1, 0.15) is 0 Å². The molecular formula is C5H10N2O2S2. The van der Waals surface area contributed by atoms with Crippen LogP contribution >= 0.6 is 23.5 Å². The van der Waals surface area contributed by atoms with Crippen molar-refractivity contribution < 1.29 is 9.59 Å². The molecule has 0 aromatic rings. The zero-order valence-electron chi connectivity index (χ0n) is 6.07. The van der Waals surface area contributed by atoms with E-state index in [9.17, 15) is 9.59 Å².